The zero-order chi connectivity index (χ0) is 25.2. The molecule has 35 heavy (non-hydrogen) atoms. The predicted octanol–water partition coefficient (Wildman–Crippen LogP) is 5.76. The van der Waals surface area contributed by atoms with Gasteiger partial charge in [0, 0.05) is 29.3 Å². The highest BCUT2D eigenvalue weighted by molar-refractivity contribution is 9.10. The van der Waals surface area contributed by atoms with Crippen LogP contribution in [0, 0.1) is 0 Å². The molecule has 7 nitrogen and oxygen atoms in total. The van der Waals surface area contributed by atoms with Gasteiger partial charge in [-0.2, -0.15) is 5.10 Å². The van der Waals surface area contributed by atoms with Crippen LogP contribution in [0.5, 0.6) is 11.5 Å². The Labute approximate surface area is 213 Å². The number of phenolic OH excluding ortho intramolecular Hbond substituents is 1. The number of methoxy groups -OCH3 is 1. The highest BCUT2D eigenvalue weighted by Crippen LogP contribution is 2.28. The van der Waals surface area contributed by atoms with Gasteiger partial charge >= 0.3 is 0 Å². The molecule has 0 saturated heterocycles. The average molecular weight is 535 g/mol. The van der Waals surface area contributed by atoms with E-state index in [9.17, 15) is 5.11 Å². The summed E-state index contributed by atoms with van der Waals surface area (Å²) in [7, 11) is 3.30. The van der Waals surface area contributed by atoms with Crippen molar-refractivity contribution in [2.24, 2.45) is 5.10 Å². The highest BCUT2D eigenvalue weighted by atomic mass is 79.9. The molecule has 1 aromatic heterocycles. The molecule has 0 atom stereocenters. The first-order chi connectivity index (χ1) is 16.9. The molecular weight excluding hydrogens is 508 g/mol. The quantitative estimate of drug-likeness (QED) is 0.241. The number of aliphatic hydroxyl groups is 1. The average Bonchev–Trinajstić information content (AvgIpc) is 2.89. The standard InChI is InChI=1S/C25H21BrN4O2.C2H6O/c1-30(27-16-17-8-13-23(31)24(14-17)32-2)25-28-21(18-6-4-3-5-7-18)15-22(29-25)19-9-11-20(26)12-10-19;1-2-3/h3-16,31H,1-2H3;3H,2H2,1H3/b27-16+;. The second-order valence-electron chi connectivity index (χ2n) is 7.33. The smallest absolute Gasteiger partial charge is 0.247 e. The Bertz CT molecular complexity index is 1270. The van der Waals surface area contributed by atoms with Gasteiger partial charge in [-0.1, -0.05) is 58.4 Å². The number of anilines is 1. The van der Waals surface area contributed by atoms with E-state index in [0.29, 0.717) is 11.7 Å². The van der Waals surface area contributed by atoms with Crippen molar-refractivity contribution in [3.63, 3.8) is 0 Å². The van der Waals surface area contributed by atoms with Gasteiger partial charge in [-0.25, -0.2) is 15.0 Å². The van der Waals surface area contributed by atoms with Crippen LogP contribution in [0.3, 0.4) is 0 Å². The Balaban J connectivity index is 0.00000108. The zero-order valence-corrected chi connectivity index (χ0v) is 21.3. The number of hydrazone groups is 1. The number of phenols is 1. The van der Waals surface area contributed by atoms with Gasteiger partial charge in [-0.05, 0) is 48.9 Å². The molecule has 0 aliphatic carbocycles. The normalized spacial score (nSPS) is 10.5. The minimum atomic E-state index is 0.0797. The van der Waals surface area contributed by atoms with Crippen LogP contribution in [-0.4, -0.2) is 47.2 Å². The lowest BCUT2D eigenvalue weighted by molar-refractivity contribution is 0.318. The molecule has 4 rings (SSSR count). The first-order valence-corrected chi connectivity index (χ1v) is 11.7. The van der Waals surface area contributed by atoms with Crippen molar-refractivity contribution in [3.8, 4) is 34.0 Å². The summed E-state index contributed by atoms with van der Waals surface area (Å²) in [4.78, 5) is 9.47. The number of hydrogen-bond donors (Lipinski definition) is 2. The SMILES string of the molecule is CCO.COc1cc(/C=N/N(C)c2nc(-c3ccccc3)cc(-c3ccc(Br)cc3)n2)ccc1O. The van der Waals surface area contributed by atoms with Gasteiger partial charge in [0.15, 0.2) is 11.5 Å². The van der Waals surface area contributed by atoms with Crippen LogP contribution in [0.2, 0.25) is 0 Å². The lowest BCUT2D eigenvalue weighted by Crippen LogP contribution is -2.13. The number of hydrogen-bond acceptors (Lipinski definition) is 7. The Kier molecular flexibility index (Phi) is 9.34. The Morgan fingerprint density at radius 1 is 0.943 bits per heavy atom. The van der Waals surface area contributed by atoms with E-state index in [1.807, 2.05) is 60.7 Å². The first-order valence-electron chi connectivity index (χ1n) is 10.9. The Morgan fingerprint density at radius 3 is 2.14 bits per heavy atom. The van der Waals surface area contributed by atoms with Crippen molar-refractivity contribution in [2.45, 2.75) is 6.92 Å². The monoisotopic (exact) mass is 534 g/mol. The number of ether oxygens (including phenoxy) is 1. The maximum atomic E-state index is 9.78. The van der Waals surface area contributed by atoms with E-state index in [4.69, 9.17) is 19.8 Å². The zero-order valence-electron chi connectivity index (χ0n) is 19.8. The maximum absolute atomic E-state index is 9.78. The lowest BCUT2D eigenvalue weighted by atomic mass is 10.1. The van der Waals surface area contributed by atoms with Gasteiger partial charge in [0.05, 0.1) is 24.7 Å². The fourth-order valence-corrected chi connectivity index (χ4v) is 3.35. The molecule has 0 aliphatic heterocycles. The van der Waals surface area contributed by atoms with Crippen molar-refractivity contribution >= 4 is 28.1 Å². The predicted molar refractivity (Wildman–Crippen MR) is 144 cm³/mol. The molecule has 0 bridgehead atoms. The van der Waals surface area contributed by atoms with Gasteiger partial charge in [0.25, 0.3) is 0 Å². The fourth-order valence-electron chi connectivity index (χ4n) is 3.08. The van der Waals surface area contributed by atoms with Crippen molar-refractivity contribution in [1.29, 1.82) is 0 Å². The summed E-state index contributed by atoms with van der Waals surface area (Å²) in [5, 5.41) is 23.5. The molecule has 0 aliphatic rings. The second kappa shape index (κ2) is 12.6. The van der Waals surface area contributed by atoms with Crippen LogP contribution in [0.4, 0.5) is 5.95 Å². The molecule has 180 valence electrons. The molecule has 2 N–H and O–H groups in total. The minimum absolute atomic E-state index is 0.0797. The fraction of sp³-hybridized carbons (Fsp3) is 0.148. The van der Waals surface area contributed by atoms with E-state index < -0.39 is 0 Å². The van der Waals surface area contributed by atoms with Gasteiger partial charge in [0.1, 0.15) is 0 Å². The molecule has 0 spiro atoms. The highest BCUT2D eigenvalue weighted by Gasteiger charge is 2.11. The molecule has 8 heteroatoms. The van der Waals surface area contributed by atoms with Crippen LogP contribution in [0.1, 0.15) is 12.5 Å². The van der Waals surface area contributed by atoms with E-state index >= 15 is 0 Å². The van der Waals surface area contributed by atoms with Crippen LogP contribution in [-0.2, 0) is 0 Å². The van der Waals surface area contributed by atoms with Crippen molar-refractivity contribution in [2.75, 3.05) is 25.8 Å². The van der Waals surface area contributed by atoms with Crippen molar-refractivity contribution in [3.05, 3.63) is 88.9 Å². The third kappa shape index (κ3) is 7.11. The topological polar surface area (TPSA) is 91.1 Å². The minimum Gasteiger partial charge on any atom is -0.504 e. The summed E-state index contributed by atoms with van der Waals surface area (Å²) in [5.41, 5.74) is 4.36. The number of halogens is 1. The van der Waals surface area contributed by atoms with E-state index in [0.717, 1.165) is 32.6 Å². The van der Waals surface area contributed by atoms with Crippen LogP contribution >= 0.6 is 15.9 Å². The molecule has 0 saturated carbocycles. The third-order valence-electron chi connectivity index (χ3n) is 4.80. The molecule has 1 heterocycles. The van der Waals surface area contributed by atoms with E-state index in [1.54, 1.807) is 43.4 Å². The summed E-state index contributed by atoms with van der Waals surface area (Å²) in [6.45, 7) is 1.93. The van der Waals surface area contributed by atoms with Crippen molar-refractivity contribution in [1.82, 2.24) is 9.97 Å². The summed E-state index contributed by atoms with van der Waals surface area (Å²) in [6.07, 6.45) is 1.67. The van der Waals surface area contributed by atoms with Gasteiger partial charge in [-0.15, -0.1) is 0 Å². The van der Waals surface area contributed by atoms with E-state index in [-0.39, 0.29) is 12.4 Å². The first kappa shape index (κ1) is 25.9. The Morgan fingerprint density at radius 2 is 1.54 bits per heavy atom. The molecule has 0 amide bonds. The molecule has 0 fully saturated rings. The summed E-state index contributed by atoms with van der Waals surface area (Å²) in [6, 6.07) is 25.0. The number of aromatic hydroxyl groups is 1. The molecule has 3 aromatic carbocycles. The van der Waals surface area contributed by atoms with Gasteiger partial charge < -0.3 is 14.9 Å². The number of benzene rings is 3. The number of rotatable bonds is 6. The lowest BCUT2D eigenvalue weighted by Gasteiger charge is -2.14. The summed E-state index contributed by atoms with van der Waals surface area (Å²) >= 11 is 3.48. The van der Waals surface area contributed by atoms with E-state index in [1.165, 1.54) is 7.11 Å². The van der Waals surface area contributed by atoms with Gasteiger partial charge in [-0.3, -0.25) is 0 Å². The molecule has 0 unspecified atom stereocenters. The molecule has 0 radical (unpaired) electrons. The van der Waals surface area contributed by atoms with E-state index in [2.05, 4.69) is 21.0 Å². The molecule has 4 aromatic rings. The number of nitrogens with zero attached hydrogens (tertiary/aromatic N) is 4. The summed E-state index contributed by atoms with van der Waals surface area (Å²) < 4.78 is 6.17. The largest absolute Gasteiger partial charge is 0.504 e. The van der Waals surface area contributed by atoms with Crippen LogP contribution in [0.15, 0.2) is 88.4 Å². The van der Waals surface area contributed by atoms with Crippen molar-refractivity contribution < 1.29 is 14.9 Å². The third-order valence-corrected chi connectivity index (χ3v) is 5.33. The maximum Gasteiger partial charge on any atom is 0.247 e. The number of aliphatic hydroxyl groups excluding tert-OH is 1. The van der Waals surface area contributed by atoms with Crippen LogP contribution < -0.4 is 9.75 Å². The molecular formula is C27H27BrN4O3. The summed E-state index contributed by atoms with van der Waals surface area (Å²) in [5.74, 6) is 0.929. The Hall–Kier alpha value is -3.75. The van der Waals surface area contributed by atoms with Gasteiger partial charge in [0.2, 0.25) is 5.95 Å². The number of aromatic nitrogens is 2. The van der Waals surface area contributed by atoms with Crippen LogP contribution in [0.25, 0.3) is 22.5 Å². The second-order valence-corrected chi connectivity index (χ2v) is 8.24.